The van der Waals surface area contributed by atoms with Gasteiger partial charge in [0, 0.05) is 32.6 Å². The molecule has 1 N–H and O–H groups in total. The van der Waals surface area contributed by atoms with Crippen LogP contribution in [0.4, 0.5) is 8.78 Å². The Morgan fingerprint density at radius 2 is 2.17 bits per heavy atom. The first kappa shape index (κ1) is 13.0. The van der Waals surface area contributed by atoms with Gasteiger partial charge in [-0.3, -0.25) is 4.79 Å². The van der Waals surface area contributed by atoms with E-state index in [9.17, 15) is 13.6 Å². The van der Waals surface area contributed by atoms with Crippen LogP contribution in [0, 0.1) is 11.6 Å². The van der Waals surface area contributed by atoms with E-state index < -0.39 is 11.6 Å². The summed E-state index contributed by atoms with van der Waals surface area (Å²) in [7, 11) is 1.77. The highest BCUT2D eigenvalue weighted by Crippen LogP contribution is 2.12. The van der Waals surface area contributed by atoms with Crippen LogP contribution in [-0.4, -0.2) is 30.4 Å². The molecule has 1 aliphatic rings. The zero-order valence-corrected chi connectivity index (χ0v) is 10.2. The third-order valence-corrected chi connectivity index (χ3v) is 3.21. The highest BCUT2D eigenvalue weighted by molar-refractivity contribution is 5.76. The fourth-order valence-corrected chi connectivity index (χ4v) is 2.09. The number of carbonyl (C=O) groups excluding carboxylic acids is 1. The Morgan fingerprint density at radius 3 is 2.83 bits per heavy atom. The van der Waals surface area contributed by atoms with E-state index in [1.807, 2.05) is 0 Å². The molecule has 0 radical (unpaired) electrons. The number of rotatable bonds is 3. The second-order valence-electron chi connectivity index (χ2n) is 4.64. The van der Waals surface area contributed by atoms with Gasteiger partial charge in [0.05, 0.1) is 0 Å². The SMILES string of the molecule is CN1CC(NCc2ccc(F)c(F)c2)CCC1=O. The van der Waals surface area contributed by atoms with Gasteiger partial charge in [0.25, 0.3) is 0 Å². The van der Waals surface area contributed by atoms with Gasteiger partial charge < -0.3 is 10.2 Å². The van der Waals surface area contributed by atoms with E-state index in [4.69, 9.17) is 0 Å². The molecular weight excluding hydrogens is 238 g/mol. The molecule has 1 aromatic carbocycles. The van der Waals surface area contributed by atoms with Crippen LogP contribution in [-0.2, 0) is 11.3 Å². The molecule has 1 aromatic rings. The number of likely N-dealkylation sites (N-methyl/N-ethyl adjacent to an activating group) is 1. The number of halogens is 2. The van der Waals surface area contributed by atoms with Crippen LogP contribution in [0.2, 0.25) is 0 Å². The van der Waals surface area contributed by atoms with Crippen molar-refractivity contribution in [3.63, 3.8) is 0 Å². The molecule has 1 unspecified atom stereocenters. The quantitative estimate of drug-likeness (QED) is 0.890. The molecule has 18 heavy (non-hydrogen) atoms. The normalized spacial score (nSPS) is 20.3. The van der Waals surface area contributed by atoms with E-state index in [2.05, 4.69) is 5.32 Å². The zero-order chi connectivity index (χ0) is 13.1. The molecule has 1 heterocycles. The van der Waals surface area contributed by atoms with E-state index in [-0.39, 0.29) is 11.9 Å². The molecule has 1 atom stereocenters. The van der Waals surface area contributed by atoms with Crippen LogP contribution in [0.15, 0.2) is 18.2 Å². The van der Waals surface area contributed by atoms with Gasteiger partial charge in [-0.1, -0.05) is 6.07 Å². The Morgan fingerprint density at radius 1 is 1.39 bits per heavy atom. The predicted octanol–water partition coefficient (Wildman–Crippen LogP) is 1.68. The van der Waals surface area contributed by atoms with Gasteiger partial charge in [0.2, 0.25) is 5.91 Å². The minimum Gasteiger partial charge on any atom is -0.344 e. The van der Waals surface area contributed by atoms with Crippen molar-refractivity contribution < 1.29 is 13.6 Å². The molecule has 1 fully saturated rings. The van der Waals surface area contributed by atoms with Gasteiger partial charge in [0.15, 0.2) is 11.6 Å². The monoisotopic (exact) mass is 254 g/mol. The maximum Gasteiger partial charge on any atom is 0.222 e. The van der Waals surface area contributed by atoms with Gasteiger partial charge in [0.1, 0.15) is 0 Å². The van der Waals surface area contributed by atoms with Crippen molar-refractivity contribution in [3.05, 3.63) is 35.4 Å². The van der Waals surface area contributed by atoms with Crippen molar-refractivity contribution >= 4 is 5.91 Å². The highest BCUT2D eigenvalue weighted by Gasteiger charge is 2.22. The predicted molar refractivity (Wildman–Crippen MR) is 63.9 cm³/mol. The van der Waals surface area contributed by atoms with Gasteiger partial charge in [-0.25, -0.2) is 8.78 Å². The number of piperidine rings is 1. The summed E-state index contributed by atoms with van der Waals surface area (Å²) in [6, 6.07) is 4.09. The van der Waals surface area contributed by atoms with Crippen LogP contribution in [0.5, 0.6) is 0 Å². The maximum absolute atomic E-state index is 13.0. The minimum atomic E-state index is -0.832. The lowest BCUT2D eigenvalue weighted by molar-refractivity contribution is -0.132. The third-order valence-electron chi connectivity index (χ3n) is 3.21. The Labute approximate surface area is 105 Å². The first-order chi connectivity index (χ1) is 8.56. The number of likely N-dealkylation sites (tertiary alicyclic amines) is 1. The van der Waals surface area contributed by atoms with E-state index in [0.717, 1.165) is 12.5 Å². The van der Waals surface area contributed by atoms with Gasteiger partial charge in [-0.2, -0.15) is 0 Å². The van der Waals surface area contributed by atoms with Crippen LogP contribution in [0.25, 0.3) is 0 Å². The van der Waals surface area contributed by atoms with Crippen LogP contribution >= 0.6 is 0 Å². The molecule has 1 aliphatic heterocycles. The van der Waals surface area contributed by atoms with Gasteiger partial charge in [-0.15, -0.1) is 0 Å². The van der Waals surface area contributed by atoms with Crippen LogP contribution in [0.1, 0.15) is 18.4 Å². The summed E-state index contributed by atoms with van der Waals surface area (Å²) in [5.74, 6) is -1.51. The first-order valence-corrected chi connectivity index (χ1v) is 5.97. The van der Waals surface area contributed by atoms with Crippen LogP contribution < -0.4 is 5.32 Å². The molecule has 0 aliphatic carbocycles. The second-order valence-corrected chi connectivity index (χ2v) is 4.64. The number of hydrogen-bond donors (Lipinski definition) is 1. The molecule has 1 amide bonds. The summed E-state index contributed by atoms with van der Waals surface area (Å²) in [5.41, 5.74) is 0.702. The third kappa shape index (κ3) is 3.04. The van der Waals surface area contributed by atoms with E-state index >= 15 is 0 Å². The minimum absolute atomic E-state index is 0.154. The summed E-state index contributed by atoms with van der Waals surface area (Å²) in [5, 5.41) is 3.25. The summed E-state index contributed by atoms with van der Waals surface area (Å²) in [6.07, 6.45) is 1.32. The average Bonchev–Trinajstić information content (AvgIpc) is 2.35. The summed E-state index contributed by atoms with van der Waals surface area (Å²) in [6.45, 7) is 1.13. The number of carbonyl (C=O) groups is 1. The van der Waals surface area contributed by atoms with E-state index in [0.29, 0.717) is 25.1 Å². The van der Waals surface area contributed by atoms with Crippen molar-refractivity contribution in [2.75, 3.05) is 13.6 Å². The topological polar surface area (TPSA) is 32.3 Å². The number of nitrogens with one attached hydrogen (secondary N) is 1. The van der Waals surface area contributed by atoms with Crippen molar-refractivity contribution in [1.29, 1.82) is 0 Å². The molecule has 98 valence electrons. The molecule has 0 bridgehead atoms. The smallest absolute Gasteiger partial charge is 0.222 e. The fourth-order valence-electron chi connectivity index (χ4n) is 2.09. The van der Waals surface area contributed by atoms with Crippen molar-refractivity contribution in [1.82, 2.24) is 10.2 Å². The molecule has 5 heteroatoms. The van der Waals surface area contributed by atoms with Gasteiger partial charge >= 0.3 is 0 Å². The lowest BCUT2D eigenvalue weighted by atomic mass is 10.1. The average molecular weight is 254 g/mol. The van der Waals surface area contributed by atoms with Crippen molar-refractivity contribution in [2.24, 2.45) is 0 Å². The number of nitrogens with zero attached hydrogens (tertiary/aromatic N) is 1. The zero-order valence-electron chi connectivity index (χ0n) is 10.2. The largest absolute Gasteiger partial charge is 0.344 e. The summed E-state index contributed by atoms with van der Waals surface area (Å²) < 4.78 is 25.8. The maximum atomic E-state index is 13.0. The highest BCUT2D eigenvalue weighted by atomic mass is 19.2. The molecule has 0 spiro atoms. The number of amides is 1. The molecule has 3 nitrogen and oxygen atoms in total. The van der Waals surface area contributed by atoms with Gasteiger partial charge in [-0.05, 0) is 24.1 Å². The molecule has 2 rings (SSSR count). The molecule has 0 saturated carbocycles. The lowest BCUT2D eigenvalue weighted by Gasteiger charge is -2.30. The second kappa shape index (κ2) is 5.44. The Kier molecular flexibility index (Phi) is 3.91. The molecule has 0 aromatic heterocycles. The molecule has 1 saturated heterocycles. The lowest BCUT2D eigenvalue weighted by Crippen LogP contribution is -2.46. The first-order valence-electron chi connectivity index (χ1n) is 5.97. The standard InChI is InChI=1S/C13H16F2N2O/c1-17-8-10(3-5-13(17)18)16-7-9-2-4-11(14)12(15)6-9/h2,4,6,10,16H,3,5,7-8H2,1H3. The Balaban J connectivity index is 1.88. The number of benzene rings is 1. The summed E-state index contributed by atoms with van der Waals surface area (Å²) in [4.78, 5) is 13.0. The Bertz CT molecular complexity index is 451. The number of hydrogen-bond acceptors (Lipinski definition) is 2. The van der Waals surface area contributed by atoms with Crippen LogP contribution in [0.3, 0.4) is 0 Å². The summed E-state index contributed by atoms with van der Waals surface area (Å²) >= 11 is 0. The molecular formula is C13H16F2N2O. The van der Waals surface area contributed by atoms with E-state index in [1.54, 1.807) is 18.0 Å². The van der Waals surface area contributed by atoms with Crippen molar-refractivity contribution in [3.8, 4) is 0 Å². The van der Waals surface area contributed by atoms with Crippen molar-refractivity contribution in [2.45, 2.75) is 25.4 Å². The van der Waals surface area contributed by atoms with E-state index in [1.165, 1.54) is 6.07 Å². The Hall–Kier alpha value is -1.49. The fraction of sp³-hybridized carbons (Fsp3) is 0.462.